The highest BCUT2D eigenvalue weighted by Crippen LogP contribution is 2.30. The molecule has 1 aliphatic rings. The minimum Gasteiger partial charge on any atom is -0.508 e. The highest BCUT2D eigenvalue weighted by atomic mass is 16.5. The smallest absolute Gasteiger partial charge is 0.222 e. The molecule has 0 saturated heterocycles. The Hall–Kier alpha value is -2.29. The number of pyridine rings is 1. The molecule has 0 bridgehead atoms. The maximum absolute atomic E-state index is 9.53. The maximum atomic E-state index is 9.53. The average Bonchev–Trinajstić information content (AvgIpc) is 2.41. The van der Waals surface area contributed by atoms with E-state index in [9.17, 15) is 5.11 Å². The second kappa shape index (κ2) is 4.18. The molecular weight excluding hydrogens is 226 g/mol. The first-order valence-corrected chi connectivity index (χ1v) is 5.86. The van der Waals surface area contributed by atoms with Crippen LogP contribution in [0.4, 0.5) is 0 Å². The van der Waals surface area contributed by atoms with Crippen molar-refractivity contribution in [3.63, 3.8) is 0 Å². The Labute approximate surface area is 105 Å². The summed E-state index contributed by atoms with van der Waals surface area (Å²) in [7, 11) is 0. The number of hydrogen-bond donors (Lipinski definition) is 1. The van der Waals surface area contributed by atoms with Gasteiger partial charge in [0.25, 0.3) is 0 Å². The molecule has 2 heterocycles. The highest BCUT2D eigenvalue weighted by Gasteiger charge is 2.15. The summed E-state index contributed by atoms with van der Waals surface area (Å²) in [6.45, 7) is 1.87. The first kappa shape index (κ1) is 10.8. The molecule has 1 aromatic heterocycles. The standard InChI is InChI=1S/C15H13NO2/c1-10-9-12(4-6-13(10)17)14-7-5-11-3-2-8-16-15(11)18-14/h2-4,6-9,17H,5H2,1H3. The van der Waals surface area contributed by atoms with Crippen LogP contribution in [0.25, 0.3) is 5.76 Å². The Balaban J connectivity index is 1.95. The lowest BCUT2D eigenvalue weighted by Crippen LogP contribution is -2.05. The zero-order valence-corrected chi connectivity index (χ0v) is 10.1. The fourth-order valence-electron chi connectivity index (χ4n) is 2.01. The summed E-state index contributed by atoms with van der Waals surface area (Å²) in [5, 5.41) is 9.53. The molecular formula is C15H13NO2. The molecule has 1 aromatic carbocycles. The van der Waals surface area contributed by atoms with Crippen LogP contribution in [0.15, 0.2) is 42.6 Å². The number of hydrogen-bond acceptors (Lipinski definition) is 3. The molecule has 90 valence electrons. The molecule has 3 nitrogen and oxygen atoms in total. The minimum absolute atomic E-state index is 0.300. The van der Waals surface area contributed by atoms with Gasteiger partial charge in [0, 0.05) is 17.3 Å². The fraction of sp³-hybridized carbons (Fsp3) is 0.133. The van der Waals surface area contributed by atoms with Crippen molar-refractivity contribution in [2.75, 3.05) is 0 Å². The third-order valence-corrected chi connectivity index (χ3v) is 3.05. The number of rotatable bonds is 1. The summed E-state index contributed by atoms with van der Waals surface area (Å²) >= 11 is 0. The number of phenols is 1. The van der Waals surface area contributed by atoms with Gasteiger partial charge in [-0.05, 0) is 49.2 Å². The summed E-state index contributed by atoms with van der Waals surface area (Å²) in [5.41, 5.74) is 2.89. The molecule has 1 aliphatic heterocycles. The Bertz CT molecular complexity index is 632. The van der Waals surface area contributed by atoms with Crippen molar-refractivity contribution in [1.82, 2.24) is 4.98 Å². The van der Waals surface area contributed by atoms with Crippen LogP contribution in [-0.4, -0.2) is 10.1 Å². The molecule has 0 radical (unpaired) electrons. The molecule has 3 rings (SSSR count). The van der Waals surface area contributed by atoms with Gasteiger partial charge in [0.15, 0.2) is 0 Å². The second-order valence-corrected chi connectivity index (χ2v) is 4.34. The van der Waals surface area contributed by atoms with Gasteiger partial charge in [-0.15, -0.1) is 0 Å². The largest absolute Gasteiger partial charge is 0.508 e. The van der Waals surface area contributed by atoms with E-state index in [0.717, 1.165) is 28.9 Å². The molecule has 0 fully saturated rings. The van der Waals surface area contributed by atoms with E-state index in [1.165, 1.54) is 0 Å². The monoisotopic (exact) mass is 239 g/mol. The van der Waals surface area contributed by atoms with Crippen LogP contribution in [-0.2, 0) is 6.42 Å². The van der Waals surface area contributed by atoms with E-state index in [0.29, 0.717) is 11.6 Å². The van der Waals surface area contributed by atoms with Crippen molar-refractivity contribution in [2.45, 2.75) is 13.3 Å². The van der Waals surface area contributed by atoms with Gasteiger partial charge >= 0.3 is 0 Å². The number of fused-ring (bicyclic) bond motifs is 1. The number of aryl methyl sites for hydroxylation is 1. The molecule has 0 saturated carbocycles. The van der Waals surface area contributed by atoms with Crippen molar-refractivity contribution >= 4 is 5.76 Å². The van der Waals surface area contributed by atoms with Crippen LogP contribution < -0.4 is 4.74 Å². The molecule has 0 amide bonds. The van der Waals surface area contributed by atoms with E-state index in [4.69, 9.17) is 4.74 Å². The minimum atomic E-state index is 0.300. The second-order valence-electron chi connectivity index (χ2n) is 4.34. The van der Waals surface area contributed by atoms with Gasteiger partial charge in [0.1, 0.15) is 11.5 Å². The third-order valence-electron chi connectivity index (χ3n) is 3.05. The third kappa shape index (κ3) is 1.84. The predicted octanol–water partition coefficient (Wildman–Crippen LogP) is 3.07. The van der Waals surface area contributed by atoms with E-state index in [1.54, 1.807) is 12.3 Å². The summed E-state index contributed by atoms with van der Waals surface area (Å²) in [4.78, 5) is 4.22. The zero-order valence-electron chi connectivity index (χ0n) is 10.1. The molecule has 2 aromatic rings. The van der Waals surface area contributed by atoms with Crippen LogP contribution in [0, 0.1) is 6.92 Å². The average molecular weight is 239 g/mol. The normalized spacial score (nSPS) is 13.5. The molecule has 0 atom stereocenters. The van der Waals surface area contributed by atoms with E-state index < -0.39 is 0 Å². The first-order valence-electron chi connectivity index (χ1n) is 5.86. The molecule has 3 heteroatoms. The lowest BCUT2D eigenvalue weighted by Gasteiger charge is -2.17. The Morgan fingerprint density at radius 1 is 1.28 bits per heavy atom. The highest BCUT2D eigenvalue weighted by molar-refractivity contribution is 5.65. The van der Waals surface area contributed by atoms with Gasteiger partial charge in [-0.2, -0.15) is 0 Å². The molecule has 0 unspecified atom stereocenters. The number of phenolic OH excluding ortho intramolecular Hbond substituents is 1. The topological polar surface area (TPSA) is 42.4 Å². The SMILES string of the molecule is Cc1cc(C2=CCc3cccnc3O2)ccc1O. The van der Waals surface area contributed by atoms with Crippen molar-refractivity contribution in [3.05, 3.63) is 59.3 Å². The van der Waals surface area contributed by atoms with Crippen molar-refractivity contribution < 1.29 is 9.84 Å². The Morgan fingerprint density at radius 2 is 2.17 bits per heavy atom. The lowest BCUT2D eigenvalue weighted by atomic mass is 10.1. The number of nitrogens with zero attached hydrogens (tertiary/aromatic N) is 1. The molecule has 1 N–H and O–H groups in total. The van der Waals surface area contributed by atoms with Crippen molar-refractivity contribution in [1.29, 1.82) is 0 Å². The summed E-state index contributed by atoms with van der Waals surface area (Å²) in [6.07, 6.45) is 4.58. The quantitative estimate of drug-likeness (QED) is 0.831. The van der Waals surface area contributed by atoms with Gasteiger partial charge < -0.3 is 9.84 Å². The van der Waals surface area contributed by atoms with E-state index >= 15 is 0 Å². The maximum Gasteiger partial charge on any atom is 0.222 e. The van der Waals surface area contributed by atoms with Crippen LogP contribution in [0.3, 0.4) is 0 Å². The summed E-state index contributed by atoms with van der Waals surface area (Å²) < 4.78 is 5.78. The van der Waals surface area contributed by atoms with Gasteiger partial charge in [-0.25, -0.2) is 4.98 Å². The molecule has 0 spiro atoms. The van der Waals surface area contributed by atoms with Gasteiger partial charge in [0.05, 0.1) is 0 Å². The lowest BCUT2D eigenvalue weighted by molar-refractivity contribution is 0.468. The Kier molecular flexibility index (Phi) is 2.52. The predicted molar refractivity (Wildman–Crippen MR) is 69.4 cm³/mol. The number of aromatic nitrogens is 1. The number of ether oxygens (including phenoxy) is 1. The Morgan fingerprint density at radius 3 is 3.00 bits per heavy atom. The summed E-state index contributed by atoms with van der Waals surface area (Å²) in [5.74, 6) is 1.76. The zero-order chi connectivity index (χ0) is 12.5. The van der Waals surface area contributed by atoms with Crippen LogP contribution in [0.5, 0.6) is 11.6 Å². The van der Waals surface area contributed by atoms with Crippen molar-refractivity contribution in [3.8, 4) is 11.6 Å². The molecule has 18 heavy (non-hydrogen) atoms. The number of allylic oxidation sites excluding steroid dienone is 1. The van der Waals surface area contributed by atoms with Crippen molar-refractivity contribution in [2.24, 2.45) is 0 Å². The number of benzene rings is 1. The fourth-order valence-corrected chi connectivity index (χ4v) is 2.01. The van der Waals surface area contributed by atoms with E-state index in [2.05, 4.69) is 4.98 Å². The first-order chi connectivity index (χ1) is 8.74. The van der Waals surface area contributed by atoms with Crippen LogP contribution >= 0.6 is 0 Å². The van der Waals surface area contributed by atoms with Gasteiger partial charge in [-0.1, -0.05) is 6.07 Å². The van der Waals surface area contributed by atoms with E-state index in [-0.39, 0.29) is 0 Å². The van der Waals surface area contributed by atoms with E-state index in [1.807, 2.05) is 37.3 Å². The van der Waals surface area contributed by atoms with Crippen LogP contribution in [0.2, 0.25) is 0 Å². The van der Waals surface area contributed by atoms with Gasteiger partial charge in [0.2, 0.25) is 5.88 Å². The van der Waals surface area contributed by atoms with Gasteiger partial charge in [-0.3, -0.25) is 0 Å². The van der Waals surface area contributed by atoms with Crippen LogP contribution in [0.1, 0.15) is 16.7 Å². The summed E-state index contributed by atoms with van der Waals surface area (Å²) in [6, 6.07) is 9.36. The number of aromatic hydroxyl groups is 1. The molecule has 0 aliphatic carbocycles.